The molecule has 1 aliphatic heterocycles. The molecule has 0 aromatic heterocycles. The topological polar surface area (TPSA) is 54.0 Å². The molecule has 0 bridgehead atoms. The van der Waals surface area contributed by atoms with Crippen molar-refractivity contribution in [1.29, 1.82) is 0 Å². The summed E-state index contributed by atoms with van der Waals surface area (Å²) in [6, 6.07) is 3.33. The lowest BCUT2D eigenvalue weighted by molar-refractivity contribution is 0.0498. The van der Waals surface area contributed by atoms with E-state index < -0.39 is 5.97 Å². The number of hydrogen-bond donors (Lipinski definition) is 0. The van der Waals surface area contributed by atoms with E-state index in [1.54, 1.807) is 19.2 Å². The molecule has 0 unspecified atom stereocenters. The fourth-order valence-corrected chi connectivity index (χ4v) is 1.74. The summed E-state index contributed by atoms with van der Waals surface area (Å²) >= 11 is 0. The van der Waals surface area contributed by atoms with Gasteiger partial charge in [-0.15, -0.1) is 0 Å². The number of ether oxygens (including phenoxy) is 4. The molecule has 0 spiro atoms. The molecule has 17 heavy (non-hydrogen) atoms. The van der Waals surface area contributed by atoms with Crippen molar-refractivity contribution in [2.45, 2.75) is 6.42 Å². The van der Waals surface area contributed by atoms with Crippen LogP contribution in [0.5, 0.6) is 11.5 Å². The van der Waals surface area contributed by atoms with E-state index in [4.69, 9.17) is 14.2 Å². The Morgan fingerprint density at radius 3 is 2.94 bits per heavy atom. The number of hydrogen-bond acceptors (Lipinski definition) is 5. The summed E-state index contributed by atoms with van der Waals surface area (Å²) in [6.07, 6.45) is 0.774. The minimum atomic E-state index is -0.412. The summed E-state index contributed by atoms with van der Waals surface area (Å²) in [6.45, 7) is 0.736. The molecule has 1 aromatic carbocycles. The third kappa shape index (κ3) is 2.34. The van der Waals surface area contributed by atoms with Crippen LogP contribution >= 0.6 is 0 Å². The average molecular weight is 238 g/mol. The average Bonchev–Trinajstić information content (AvgIpc) is 2.82. The van der Waals surface area contributed by atoms with Gasteiger partial charge in [0.2, 0.25) is 0 Å². The molecule has 0 aliphatic carbocycles. The van der Waals surface area contributed by atoms with Gasteiger partial charge >= 0.3 is 5.97 Å². The molecular formula is C12H14O5. The lowest BCUT2D eigenvalue weighted by atomic mass is 10.1. The van der Waals surface area contributed by atoms with Crippen LogP contribution < -0.4 is 9.47 Å². The van der Waals surface area contributed by atoms with Gasteiger partial charge in [0.15, 0.2) is 6.79 Å². The molecule has 5 nitrogen and oxygen atoms in total. The summed E-state index contributed by atoms with van der Waals surface area (Å²) in [5, 5.41) is 0. The van der Waals surface area contributed by atoms with Gasteiger partial charge in [0, 0.05) is 19.1 Å². The van der Waals surface area contributed by atoms with Crippen LogP contribution in [0.1, 0.15) is 15.9 Å². The molecule has 0 radical (unpaired) electrons. The number of carbonyl (C=O) groups is 1. The van der Waals surface area contributed by atoms with Crippen molar-refractivity contribution in [2.75, 3.05) is 27.6 Å². The molecule has 0 atom stereocenters. The van der Waals surface area contributed by atoms with Crippen LogP contribution in [0, 0.1) is 0 Å². The molecule has 1 heterocycles. The van der Waals surface area contributed by atoms with Crippen LogP contribution in [0.15, 0.2) is 12.1 Å². The lowest BCUT2D eigenvalue weighted by Gasteiger charge is -2.10. The zero-order valence-corrected chi connectivity index (χ0v) is 9.82. The van der Waals surface area contributed by atoms with Crippen LogP contribution in [0.25, 0.3) is 0 Å². The summed E-state index contributed by atoms with van der Waals surface area (Å²) < 4.78 is 20.4. The highest BCUT2D eigenvalue weighted by Gasteiger charge is 2.21. The molecule has 1 aromatic rings. The van der Waals surface area contributed by atoms with Crippen molar-refractivity contribution in [1.82, 2.24) is 0 Å². The highest BCUT2D eigenvalue weighted by molar-refractivity contribution is 5.90. The molecule has 0 saturated heterocycles. The highest BCUT2D eigenvalue weighted by atomic mass is 16.7. The van der Waals surface area contributed by atoms with Crippen LogP contribution in [0.4, 0.5) is 0 Å². The fraction of sp³-hybridized carbons (Fsp3) is 0.417. The lowest BCUT2D eigenvalue weighted by Crippen LogP contribution is -2.05. The minimum absolute atomic E-state index is 0.136. The second-order valence-corrected chi connectivity index (χ2v) is 3.59. The normalized spacial score (nSPS) is 12.8. The van der Waals surface area contributed by atoms with Crippen molar-refractivity contribution >= 4 is 5.97 Å². The smallest absolute Gasteiger partial charge is 0.338 e. The van der Waals surface area contributed by atoms with E-state index in [-0.39, 0.29) is 6.79 Å². The highest BCUT2D eigenvalue weighted by Crippen LogP contribution is 2.35. The summed E-state index contributed by atoms with van der Waals surface area (Å²) in [5.74, 6) is 0.881. The van der Waals surface area contributed by atoms with Gasteiger partial charge in [0.25, 0.3) is 0 Å². The number of benzene rings is 1. The van der Waals surface area contributed by atoms with Crippen molar-refractivity contribution in [2.24, 2.45) is 0 Å². The molecule has 1 aliphatic rings. The summed E-state index contributed by atoms with van der Waals surface area (Å²) in [7, 11) is 2.88. The van der Waals surface area contributed by atoms with Crippen molar-refractivity contribution in [3.63, 3.8) is 0 Å². The monoisotopic (exact) mass is 238 g/mol. The van der Waals surface area contributed by atoms with Gasteiger partial charge in [-0.25, -0.2) is 4.79 Å². The van der Waals surface area contributed by atoms with Crippen molar-refractivity contribution in [3.05, 3.63) is 23.3 Å². The first-order chi connectivity index (χ1) is 8.26. The summed E-state index contributed by atoms with van der Waals surface area (Å²) in [4.78, 5) is 11.5. The van der Waals surface area contributed by atoms with Crippen LogP contribution in [0.2, 0.25) is 0 Å². The maximum Gasteiger partial charge on any atom is 0.338 e. The standard InChI is InChI=1S/C12H14O5/c1-14-7-17-11-6-8(12(13)15-2)5-10-9(11)3-4-16-10/h5-6H,3-4,7H2,1-2H3. The molecule has 5 heteroatoms. The second kappa shape index (κ2) is 5.05. The molecule has 0 saturated carbocycles. The first-order valence-corrected chi connectivity index (χ1v) is 5.26. The third-order valence-corrected chi connectivity index (χ3v) is 2.53. The van der Waals surface area contributed by atoms with Crippen LogP contribution in [-0.4, -0.2) is 33.6 Å². The van der Waals surface area contributed by atoms with Crippen LogP contribution in [0.3, 0.4) is 0 Å². The first-order valence-electron chi connectivity index (χ1n) is 5.26. The SMILES string of the molecule is COCOc1cc(C(=O)OC)cc2c1CCO2. The van der Waals surface area contributed by atoms with E-state index in [0.717, 1.165) is 12.0 Å². The molecule has 0 amide bonds. The number of carbonyl (C=O) groups excluding carboxylic acids is 1. The second-order valence-electron chi connectivity index (χ2n) is 3.59. The maximum atomic E-state index is 11.5. The molecule has 2 rings (SSSR count). The Bertz CT molecular complexity index is 427. The van der Waals surface area contributed by atoms with Crippen molar-refractivity contribution in [3.8, 4) is 11.5 Å². The Morgan fingerprint density at radius 1 is 1.41 bits per heavy atom. The minimum Gasteiger partial charge on any atom is -0.493 e. The Balaban J connectivity index is 2.35. The van der Waals surface area contributed by atoms with Crippen LogP contribution in [-0.2, 0) is 15.9 Å². The van der Waals surface area contributed by atoms with Gasteiger partial charge in [-0.3, -0.25) is 0 Å². The van der Waals surface area contributed by atoms with Gasteiger partial charge < -0.3 is 18.9 Å². The zero-order chi connectivity index (χ0) is 12.3. The van der Waals surface area contributed by atoms with Gasteiger partial charge in [0.05, 0.1) is 19.3 Å². The molecule has 92 valence electrons. The van der Waals surface area contributed by atoms with E-state index in [9.17, 15) is 4.79 Å². The quantitative estimate of drug-likeness (QED) is 0.586. The van der Waals surface area contributed by atoms with E-state index in [0.29, 0.717) is 23.7 Å². The molecular weight excluding hydrogens is 224 g/mol. The Kier molecular flexibility index (Phi) is 3.49. The number of esters is 1. The predicted molar refractivity (Wildman–Crippen MR) is 59.5 cm³/mol. The first kappa shape index (κ1) is 11.7. The number of fused-ring (bicyclic) bond motifs is 1. The van der Waals surface area contributed by atoms with E-state index in [1.807, 2.05) is 0 Å². The zero-order valence-electron chi connectivity index (χ0n) is 9.82. The molecule has 0 N–H and O–H groups in total. The van der Waals surface area contributed by atoms with E-state index >= 15 is 0 Å². The third-order valence-electron chi connectivity index (χ3n) is 2.53. The Hall–Kier alpha value is -1.75. The predicted octanol–water partition coefficient (Wildman–Crippen LogP) is 1.39. The van der Waals surface area contributed by atoms with Gasteiger partial charge in [-0.2, -0.15) is 0 Å². The van der Waals surface area contributed by atoms with Gasteiger partial charge in [0.1, 0.15) is 11.5 Å². The van der Waals surface area contributed by atoms with Gasteiger partial charge in [-0.05, 0) is 12.1 Å². The largest absolute Gasteiger partial charge is 0.493 e. The Morgan fingerprint density at radius 2 is 2.24 bits per heavy atom. The fourth-order valence-electron chi connectivity index (χ4n) is 1.74. The maximum absolute atomic E-state index is 11.5. The van der Waals surface area contributed by atoms with E-state index in [2.05, 4.69) is 4.74 Å². The van der Waals surface area contributed by atoms with Gasteiger partial charge in [-0.1, -0.05) is 0 Å². The van der Waals surface area contributed by atoms with E-state index in [1.165, 1.54) is 7.11 Å². The Labute approximate surface area is 99.2 Å². The number of methoxy groups -OCH3 is 2. The summed E-state index contributed by atoms with van der Waals surface area (Å²) in [5.41, 5.74) is 1.38. The van der Waals surface area contributed by atoms with Crippen molar-refractivity contribution < 1.29 is 23.7 Å². The molecule has 0 fully saturated rings. The number of rotatable bonds is 4.